The van der Waals surface area contributed by atoms with Gasteiger partial charge in [0.1, 0.15) is 0 Å². The second-order valence-corrected chi connectivity index (χ2v) is 12.6. The minimum Gasteiger partial charge on any atom is -0.670 e. The molecule has 0 radical (unpaired) electrons. The number of aromatic nitrogens is 4. The maximum absolute atomic E-state index is 4.95. The molecule has 4 heterocycles. The van der Waals surface area contributed by atoms with E-state index < -0.39 is 17.9 Å². The van der Waals surface area contributed by atoms with Crippen molar-refractivity contribution in [3.63, 3.8) is 0 Å². The molecule has 0 spiro atoms. The number of benzene rings is 2. The van der Waals surface area contributed by atoms with Crippen molar-refractivity contribution in [2.75, 3.05) is 0 Å². The third-order valence-electron chi connectivity index (χ3n) is 5.91. The van der Waals surface area contributed by atoms with Crippen LogP contribution < -0.4 is 9.97 Å². The van der Waals surface area contributed by atoms with Gasteiger partial charge in [0.2, 0.25) is 0 Å². The number of aryl methyl sites for hydroxylation is 3. The smallest absolute Gasteiger partial charge is 0.0886 e. The summed E-state index contributed by atoms with van der Waals surface area (Å²) in [6, 6.07) is 32.2. The predicted molar refractivity (Wildman–Crippen MR) is 181 cm³/mol. The minimum atomic E-state index is -0.466. The number of hydrogen-bond donors (Lipinski definition) is 0. The fourth-order valence-electron chi connectivity index (χ4n) is 4.14. The average molecular weight is 664 g/mol. The Morgan fingerprint density at radius 2 is 1.11 bits per heavy atom. The normalized spacial score (nSPS) is 9.95. The van der Waals surface area contributed by atoms with Crippen LogP contribution in [0.4, 0.5) is 5.69 Å². The van der Waals surface area contributed by atoms with Crippen LogP contribution in [0.5, 0.6) is 0 Å². The van der Waals surface area contributed by atoms with Crippen molar-refractivity contribution in [3.8, 4) is 22.5 Å². The molecule has 0 atom stereocenters. The first-order valence-corrected chi connectivity index (χ1v) is 16.5. The van der Waals surface area contributed by atoms with Gasteiger partial charge in [-0.15, -0.1) is 0 Å². The summed E-state index contributed by atoms with van der Waals surface area (Å²) < 4.78 is 7.34. The first-order valence-electron chi connectivity index (χ1n) is 14.5. The van der Waals surface area contributed by atoms with E-state index in [1.807, 2.05) is 60.7 Å². The maximum Gasteiger partial charge on any atom is 0.0886 e. The molecule has 0 bridgehead atoms. The molecule has 0 unspecified atom stereocenters. The minimum absolute atomic E-state index is 0.260. The van der Waals surface area contributed by atoms with Crippen LogP contribution in [-0.4, -0.2) is 14.4 Å². The molecule has 6 aromatic rings. The maximum atomic E-state index is 4.95. The van der Waals surface area contributed by atoms with Gasteiger partial charge in [-0.2, -0.15) is 24.8 Å². The molecule has 0 saturated heterocycles. The van der Waals surface area contributed by atoms with Crippen LogP contribution in [0.1, 0.15) is 37.5 Å². The van der Waals surface area contributed by atoms with E-state index in [-0.39, 0.29) is 5.41 Å². The van der Waals surface area contributed by atoms with Gasteiger partial charge >= 0.3 is 143 Å². The molecule has 0 fully saturated rings. The molecule has 2 aromatic carbocycles. The van der Waals surface area contributed by atoms with Crippen LogP contribution in [0, 0.1) is 26.2 Å². The summed E-state index contributed by atoms with van der Waals surface area (Å²) in [5.74, 6) is 0. The summed E-state index contributed by atoms with van der Waals surface area (Å²) in [6.45, 7) is 13.3. The number of nitrogens with zero attached hydrogens (tertiary/aromatic N) is 5. The van der Waals surface area contributed by atoms with Gasteiger partial charge in [-0.25, -0.2) is 0 Å². The molecule has 44 heavy (non-hydrogen) atoms. The Morgan fingerprint density at radius 1 is 0.636 bits per heavy atom. The van der Waals surface area contributed by atoms with Gasteiger partial charge in [0.15, 0.2) is 0 Å². The Bertz CT molecular complexity index is 1560. The van der Waals surface area contributed by atoms with Gasteiger partial charge in [0.05, 0.1) is 11.4 Å². The largest absolute Gasteiger partial charge is 0.670 e. The zero-order chi connectivity index (χ0) is 31.6. The van der Waals surface area contributed by atoms with Crippen molar-refractivity contribution in [1.82, 2.24) is 19.9 Å². The van der Waals surface area contributed by atoms with Gasteiger partial charge < -0.3 is 9.97 Å². The van der Waals surface area contributed by atoms with E-state index in [4.69, 9.17) is 3.50 Å². The molecule has 5 nitrogen and oxygen atoms in total. The van der Waals surface area contributed by atoms with E-state index in [1.54, 1.807) is 37.2 Å². The average Bonchev–Trinajstić information content (AvgIpc) is 3.79. The standard InChI is InChI=1S/C15H15N.C10H8N2.C5H10.2C4H4N.Mo/c1-10-8-11(2)15(12(3)9-10)13-6-4-5-7-14(13)16;1-3-7-11-9(5-1)10-6-2-4-8-12-10;1-5(2,3)4;2*1-2-4-5-3-1;/h4-9H,1-3H3;1-8H;1H,2-4H3;2*1-4H;/q;;;2*-1;+2. The molecule has 6 heteroatoms. The fourth-order valence-corrected chi connectivity index (χ4v) is 5.71. The van der Waals surface area contributed by atoms with Crippen molar-refractivity contribution in [3.05, 3.63) is 151 Å². The Balaban J connectivity index is 0.000000196. The molecular weight excluding hydrogens is 622 g/mol. The van der Waals surface area contributed by atoms with Crippen LogP contribution in [-0.2, 0) is 17.9 Å². The van der Waals surface area contributed by atoms with Crippen LogP contribution in [0.2, 0.25) is 0 Å². The summed E-state index contributed by atoms with van der Waals surface area (Å²) >= 11 is -0.466. The van der Waals surface area contributed by atoms with Crippen molar-refractivity contribution in [1.29, 1.82) is 0 Å². The summed E-state index contributed by atoms with van der Waals surface area (Å²) in [7, 11) is 0. The fraction of sp³-hybridized carbons (Fsp3) is 0.184. The quantitative estimate of drug-likeness (QED) is 0.177. The zero-order valence-electron chi connectivity index (χ0n) is 26.4. The number of rotatable bonds is 3. The molecule has 0 aliphatic carbocycles. The molecule has 0 aliphatic rings. The first kappa shape index (κ1) is 34.2. The molecule has 0 amide bonds. The monoisotopic (exact) mass is 665 g/mol. The number of hydrogen-bond acceptors (Lipinski definition) is 3. The van der Waals surface area contributed by atoms with Gasteiger partial charge in [0.25, 0.3) is 0 Å². The Kier molecular flexibility index (Phi) is 14.2. The molecule has 0 saturated carbocycles. The molecule has 224 valence electrons. The summed E-state index contributed by atoms with van der Waals surface area (Å²) in [5, 5.41) is 0. The third-order valence-corrected chi connectivity index (χ3v) is 8.65. The topological polar surface area (TPSA) is 66.3 Å². The summed E-state index contributed by atoms with van der Waals surface area (Å²) in [5.41, 5.74) is 9.83. The van der Waals surface area contributed by atoms with Crippen LogP contribution in [0.25, 0.3) is 22.5 Å². The van der Waals surface area contributed by atoms with Crippen LogP contribution in [0.3, 0.4) is 0 Å². The SMILES string of the molecule is Cc1cc(C)c(-c2ccccc2[N]=[Mo+2]=[CH]C(C)(C)C)c(C)c1.c1cc[n-]c1.c1cc[n-]c1.c1ccc(-c2ccccn2)nc1. The second-order valence-electron chi connectivity index (χ2n) is 11.1. The first-order chi connectivity index (χ1) is 21.2. The van der Waals surface area contributed by atoms with Gasteiger partial charge in [0, 0.05) is 12.4 Å². The van der Waals surface area contributed by atoms with E-state index in [1.165, 1.54) is 27.8 Å². The van der Waals surface area contributed by atoms with E-state index in [0.29, 0.717) is 0 Å². The second kappa shape index (κ2) is 18.4. The van der Waals surface area contributed by atoms with E-state index in [0.717, 1.165) is 17.1 Å². The van der Waals surface area contributed by atoms with Crippen LogP contribution >= 0.6 is 0 Å². The van der Waals surface area contributed by atoms with Crippen LogP contribution in [0.15, 0.2) is 138 Å². The van der Waals surface area contributed by atoms with Gasteiger partial charge in [-0.05, 0) is 24.3 Å². The molecule has 4 aromatic heterocycles. The van der Waals surface area contributed by atoms with E-state index >= 15 is 0 Å². The third kappa shape index (κ3) is 12.5. The zero-order valence-corrected chi connectivity index (χ0v) is 28.4. The van der Waals surface area contributed by atoms with Crippen molar-refractivity contribution in [2.24, 2.45) is 8.91 Å². The van der Waals surface area contributed by atoms with E-state index in [9.17, 15) is 0 Å². The van der Waals surface area contributed by atoms with Crippen molar-refractivity contribution < 1.29 is 17.9 Å². The predicted octanol–water partition coefficient (Wildman–Crippen LogP) is 9.46. The van der Waals surface area contributed by atoms with Gasteiger partial charge in [-0.1, -0.05) is 36.4 Å². The molecule has 6 rings (SSSR count). The molecule has 0 N–H and O–H groups in total. The Morgan fingerprint density at radius 3 is 1.52 bits per heavy atom. The van der Waals surface area contributed by atoms with Crippen molar-refractivity contribution in [2.45, 2.75) is 41.5 Å². The Hall–Kier alpha value is -4.34. The summed E-state index contributed by atoms with van der Waals surface area (Å²) in [6.07, 6.45) is 10.5. The Labute approximate surface area is 270 Å². The number of pyridine rings is 2. The van der Waals surface area contributed by atoms with Gasteiger partial charge in [-0.3, -0.25) is 9.97 Å². The van der Waals surface area contributed by atoms with E-state index in [2.05, 4.69) is 102 Å². The molecular formula is C38H41MoN5. The van der Waals surface area contributed by atoms with Crippen molar-refractivity contribution >= 4 is 10.1 Å². The summed E-state index contributed by atoms with van der Waals surface area (Å²) in [4.78, 5) is 15.8. The molecule has 0 aliphatic heterocycles.